The normalized spacial score (nSPS) is 10.4. The summed E-state index contributed by atoms with van der Waals surface area (Å²) in [6, 6.07) is 11.5. The third kappa shape index (κ3) is 1.63. The molecule has 0 atom stereocenters. The first-order chi connectivity index (χ1) is 7.61. The van der Waals surface area contributed by atoms with Crippen LogP contribution in [0.2, 0.25) is 0 Å². The maximum Gasteiger partial charge on any atom is 0.139 e. The minimum atomic E-state index is 0.139. The van der Waals surface area contributed by atoms with Gasteiger partial charge < -0.3 is 10.8 Å². The lowest BCUT2D eigenvalue weighted by molar-refractivity contribution is 0.478. The Hall–Kier alpha value is -1.96. The molecular weight excluding hydrogens is 198 g/mol. The zero-order chi connectivity index (χ0) is 11.7. The third-order valence-electron chi connectivity index (χ3n) is 2.83. The van der Waals surface area contributed by atoms with Crippen molar-refractivity contribution in [3.8, 4) is 16.9 Å². The van der Waals surface area contributed by atoms with Crippen molar-refractivity contribution in [2.24, 2.45) is 0 Å². The minimum Gasteiger partial charge on any atom is -0.506 e. The number of phenols is 1. The van der Waals surface area contributed by atoms with E-state index in [1.165, 1.54) is 0 Å². The number of nitrogen functional groups attached to an aromatic ring is 1. The summed E-state index contributed by atoms with van der Waals surface area (Å²) in [6.45, 7) is 4.09. The summed E-state index contributed by atoms with van der Waals surface area (Å²) in [4.78, 5) is 0. The molecule has 2 aromatic carbocycles. The van der Waals surface area contributed by atoms with Crippen LogP contribution in [0.25, 0.3) is 11.1 Å². The van der Waals surface area contributed by atoms with E-state index in [-0.39, 0.29) is 5.75 Å². The van der Waals surface area contributed by atoms with Crippen LogP contribution < -0.4 is 5.73 Å². The fraction of sp³-hybridized carbons (Fsp3) is 0.143. The molecule has 0 unspecified atom stereocenters. The van der Waals surface area contributed by atoms with Crippen LogP contribution in [-0.4, -0.2) is 5.11 Å². The van der Waals surface area contributed by atoms with E-state index in [0.717, 1.165) is 22.3 Å². The number of para-hydroxylation sites is 1. The number of aryl methyl sites for hydroxylation is 2. The topological polar surface area (TPSA) is 46.2 Å². The van der Waals surface area contributed by atoms with Crippen LogP contribution in [-0.2, 0) is 0 Å². The van der Waals surface area contributed by atoms with Gasteiger partial charge in [0.15, 0.2) is 0 Å². The number of phenolic OH excluding ortho intramolecular Hbond substituents is 1. The molecule has 2 aromatic rings. The lowest BCUT2D eigenvalue weighted by Gasteiger charge is -2.12. The van der Waals surface area contributed by atoms with Crippen molar-refractivity contribution in [2.75, 3.05) is 5.73 Å². The predicted molar refractivity (Wildman–Crippen MR) is 67.4 cm³/mol. The Labute approximate surface area is 95.4 Å². The summed E-state index contributed by atoms with van der Waals surface area (Å²) in [6.07, 6.45) is 0. The van der Waals surface area contributed by atoms with Crippen LogP contribution >= 0.6 is 0 Å². The van der Waals surface area contributed by atoms with Crippen molar-refractivity contribution >= 4 is 5.69 Å². The van der Waals surface area contributed by atoms with Crippen LogP contribution in [0.1, 0.15) is 11.1 Å². The van der Waals surface area contributed by atoms with E-state index in [1.54, 1.807) is 6.07 Å². The average Bonchev–Trinajstić information content (AvgIpc) is 2.24. The SMILES string of the molecule is Cc1cccc(C)c1-c1cccc(O)c1N. The molecule has 0 spiro atoms. The Morgan fingerprint density at radius 3 is 2.12 bits per heavy atom. The molecule has 0 aromatic heterocycles. The van der Waals surface area contributed by atoms with Crippen LogP contribution in [0.5, 0.6) is 5.75 Å². The van der Waals surface area contributed by atoms with Gasteiger partial charge in [0.05, 0.1) is 5.69 Å². The number of hydrogen-bond acceptors (Lipinski definition) is 2. The number of hydrogen-bond donors (Lipinski definition) is 2. The van der Waals surface area contributed by atoms with Crippen molar-refractivity contribution in [1.82, 2.24) is 0 Å². The average molecular weight is 213 g/mol. The first-order valence-electron chi connectivity index (χ1n) is 5.25. The molecular formula is C14H15NO. The van der Waals surface area contributed by atoms with Gasteiger partial charge in [-0.15, -0.1) is 0 Å². The lowest BCUT2D eigenvalue weighted by Crippen LogP contribution is -1.94. The molecule has 82 valence electrons. The van der Waals surface area contributed by atoms with Crippen molar-refractivity contribution < 1.29 is 5.11 Å². The van der Waals surface area contributed by atoms with Crippen molar-refractivity contribution in [1.29, 1.82) is 0 Å². The first kappa shape index (κ1) is 10.6. The van der Waals surface area contributed by atoms with E-state index < -0.39 is 0 Å². The lowest BCUT2D eigenvalue weighted by atomic mass is 9.94. The van der Waals surface area contributed by atoms with Crippen LogP contribution in [0.15, 0.2) is 36.4 Å². The smallest absolute Gasteiger partial charge is 0.139 e. The van der Waals surface area contributed by atoms with Crippen LogP contribution in [0.4, 0.5) is 5.69 Å². The molecule has 0 aliphatic rings. The molecule has 0 saturated heterocycles. The first-order valence-corrected chi connectivity index (χ1v) is 5.25. The fourth-order valence-corrected chi connectivity index (χ4v) is 2.01. The molecule has 0 saturated carbocycles. The molecule has 3 N–H and O–H groups in total. The summed E-state index contributed by atoms with van der Waals surface area (Å²) in [5, 5.41) is 9.62. The summed E-state index contributed by atoms with van der Waals surface area (Å²) >= 11 is 0. The van der Waals surface area contributed by atoms with Gasteiger partial charge in [-0.1, -0.05) is 30.3 Å². The summed E-state index contributed by atoms with van der Waals surface area (Å²) < 4.78 is 0. The fourth-order valence-electron chi connectivity index (χ4n) is 2.01. The molecule has 0 aliphatic heterocycles. The molecule has 0 fully saturated rings. The van der Waals surface area contributed by atoms with Crippen molar-refractivity contribution in [3.05, 3.63) is 47.5 Å². The van der Waals surface area contributed by atoms with Gasteiger partial charge in [-0.3, -0.25) is 0 Å². The second kappa shape index (κ2) is 3.89. The van der Waals surface area contributed by atoms with E-state index >= 15 is 0 Å². The standard InChI is InChI=1S/C14H15NO/c1-9-5-3-6-10(2)13(9)11-7-4-8-12(16)14(11)15/h3-8,16H,15H2,1-2H3. The van der Waals surface area contributed by atoms with Crippen LogP contribution in [0, 0.1) is 13.8 Å². The summed E-state index contributed by atoms with van der Waals surface area (Å²) in [5.41, 5.74) is 10.7. The Morgan fingerprint density at radius 1 is 0.938 bits per heavy atom. The summed E-state index contributed by atoms with van der Waals surface area (Å²) in [7, 11) is 0. The summed E-state index contributed by atoms with van der Waals surface area (Å²) in [5.74, 6) is 0.139. The zero-order valence-electron chi connectivity index (χ0n) is 9.49. The van der Waals surface area contributed by atoms with Gasteiger partial charge in [0.1, 0.15) is 5.75 Å². The maximum absolute atomic E-state index is 9.62. The molecule has 0 amide bonds. The Bertz CT molecular complexity index is 512. The number of rotatable bonds is 1. The highest BCUT2D eigenvalue weighted by Crippen LogP contribution is 2.35. The highest BCUT2D eigenvalue weighted by Gasteiger charge is 2.10. The largest absolute Gasteiger partial charge is 0.506 e. The number of nitrogens with two attached hydrogens (primary N) is 1. The molecule has 0 bridgehead atoms. The van der Waals surface area contributed by atoms with E-state index in [1.807, 2.05) is 44.2 Å². The third-order valence-corrected chi connectivity index (χ3v) is 2.83. The molecule has 2 rings (SSSR count). The van der Waals surface area contributed by atoms with Gasteiger partial charge in [-0.2, -0.15) is 0 Å². The van der Waals surface area contributed by atoms with Gasteiger partial charge in [0.25, 0.3) is 0 Å². The molecule has 0 heterocycles. The van der Waals surface area contributed by atoms with E-state index in [9.17, 15) is 5.11 Å². The van der Waals surface area contributed by atoms with E-state index in [0.29, 0.717) is 5.69 Å². The molecule has 2 heteroatoms. The molecule has 16 heavy (non-hydrogen) atoms. The second-order valence-electron chi connectivity index (χ2n) is 4.01. The van der Waals surface area contributed by atoms with Gasteiger partial charge in [-0.05, 0) is 36.6 Å². The quantitative estimate of drug-likeness (QED) is 0.564. The van der Waals surface area contributed by atoms with E-state index in [4.69, 9.17) is 5.73 Å². The minimum absolute atomic E-state index is 0.139. The van der Waals surface area contributed by atoms with Gasteiger partial charge >= 0.3 is 0 Å². The predicted octanol–water partition coefficient (Wildman–Crippen LogP) is 3.26. The monoisotopic (exact) mass is 213 g/mol. The van der Waals surface area contributed by atoms with E-state index in [2.05, 4.69) is 0 Å². The van der Waals surface area contributed by atoms with Crippen LogP contribution in [0.3, 0.4) is 0 Å². The zero-order valence-corrected chi connectivity index (χ0v) is 9.49. The van der Waals surface area contributed by atoms with Gasteiger partial charge in [-0.25, -0.2) is 0 Å². The molecule has 0 aliphatic carbocycles. The van der Waals surface area contributed by atoms with Gasteiger partial charge in [0, 0.05) is 5.56 Å². The molecule has 0 radical (unpaired) electrons. The van der Waals surface area contributed by atoms with Gasteiger partial charge in [0.2, 0.25) is 0 Å². The number of benzene rings is 2. The highest BCUT2D eigenvalue weighted by molar-refractivity contribution is 5.83. The maximum atomic E-state index is 9.62. The number of anilines is 1. The second-order valence-corrected chi connectivity index (χ2v) is 4.01. The number of aromatic hydroxyl groups is 1. The van der Waals surface area contributed by atoms with Crippen molar-refractivity contribution in [3.63, 3.8) is 0 Å². The Kier molecular flexibility index (Phi) is 2.57. The molecule has 2 nitrogen and oxygen atoms in total. The Morgan fingerprint density at radius 2 is 1.50 bits per heavy atom. The van der Waals surface area contributed by atoms with Crippen molar-refractivity contribution in [2.45, 2.75) is 13.8 Å². The highest BCUT2D eigenvalue weighted by atomic mass is 16.3. The Balaban J connectivity index is 2.73.